The summed E-state index contributed by atoms with van der Waals surface area (Å²) in [6, 6.07) is 27.9. The van der Waals surface area contributed by atoms with Crippen molar-refractivity contribution in [2.24, 2.45) is 0 Å². The molecule has 8 nitrogen and oxygen atoms in total. The summed E-state index contributed by atoms with van der Waals surface area (Å²) < 4.78 is 32.8. The van der Waals surface area contributed by atoms with Gasteiger partial charge in [0.15, 0.2) is 6.29 Å². The van der Waals surface area contributed by atoms with E-state index in [1.54, 1.807) is 0 Å². The van der Waals surface area contributed by atoms with Crippen molar-refractivity contribution in [3.8, 4) is 0 Å². The zero-order valence-corrected chi connectivity index (χ0v) is 31.5. The molecule has 2 amide bonds. The number of halogens is 4. The molecule has 0 aliphatic carbocycles. The largest absolute Gasteiger partial charge is 0.374 e. The summed E-state index contributed by atoms with van der Waals surface area (Å²) in [5.41, 5.74) is 2.48. The van der Waals surface area contributed by atoms with Crippen LogP contribution in [0.15, 0.2) is 91.0 Å². The molecule has 0 bridgehead atoms. The molecular formula is C40H39Cl4NO7. The second-order valence-electron chi connectivity index (χ2n) is 12.6. The molecule has 2 aliphatic rings. The van der Waals surface area contributed by atoms with Crippen LogP contribution in [-0.4, -0.2) is 60.6 Å². The van der Waals surface area contributed by atoms with Crippen LogP contribution in [0.4, 0.5) is 0 Å². The normalized spacial score (nSPS) is 21.5. The van der Waals surface area contributed by atoms with E-state index >= 15 is 0 Å². The zero-order chi connectivity index (χ0) is 36.6. The predicted octanol–water partition coefficient (Wildman–Crippen LogP) is 9.58. The Morgan fingerprint density at radius 3 is 1.60 bits per heavy atom. The number of imide groups is 1. The number of hydrogen-bond acceptors (Lipinski definition) is 7. The van der Waals surface area contributed by atoms with Crippen LogP contribution in [-0.2, 0) is 43.5 Å². The molecule has 5 atom stereocenters. The van der Waals surface area contributed by atoms with Crippen molar-refractivity contribution in [1.29, 1.82) is 0 Å². The van der Waals surface area contributed by atoms with Gasteiger partial charge in [0.05, 0.1) is 57.6 Å². The van der Waals surface area contributed by atoms with Gasteiger partial charge in [-0.2, -0.15) is 0 Å². The fraction of sp³-hybridized carbons (Fsp3) is 0.350. The van der Waals surface area contributed by atoms with Gasteiger partial charge in [-0.05, 0) is 23.1 Å². The monoisotopic (exact) mass is 785 g/mol. The van der Waals surface area contributed by atoms with Gasteiger partial charge in [0.2, 0.25) is 0 Å². The number of carbonyl (C=O) groups excluding carboxylic acids is 2. The van der Waals surface area contributed by atoms with Gasteiger partial charge in [-0.15, -0.1) is 0 Å². The maximum absolute atomic E-state index is 14.4. The van der Waals surface area contributed by atoms with Gasteiger partial charge in [-0.25, -0.2) is 0 Å². The summed E-state index contributed by atoms with van der Waals surface area (Å²) in [4.78, 5) is 29.9. The number of amides is 2. The van der Waals surface area contributed by atoms with Gasteiger partial charge in [0.25, 0.3) is 11.8 Å². The van der Waals surface area contributed by atoms with Crippen molar-refractivity contribution in [3.63, 3.8) is 0 Å². The molecule has 0 radical (unpaired) electrons. The molecule has 12 heteroatoms. The Bertz CT molecular complexity index is 1770. The van der Waals surface area contributed by atoms with Crippen LogP contribution < -0.4 is 0 Å². The first-order valence-electron chi connectivity index (χ1n) is 17.2. The molecule has 0 saturated carbocycles. The lowest BCUT2D eigenvalue weighted by molar-refractivity contribution is -0.299. The van der Waals surface area contributed by atoms with E-state index in [1.165, 1.54) is 0 Å². The van der Waals surface area contributed by atoms with Crippen LogP contribution in [0.25, 0.3) is 0 Å². The molecule has 1 saturated heterocycles. The van der Waals surface area contributed by atoms with Gasteiger partial charge in [0.1, 0.15) is 24.4 Å². The molecule has 2 heterocycles. The number of nitrogens with zero attached hydrogens (tertiary/aromatic N) is 1. The zero-order valence-electron chi connectivity index (χ0n) is 28.5. The van der Waals surface area contributed by atoms with E-state index in [4.69, 9.17) is 70.1 Å². The van der Waals surface area contributed by atoms with Gasteiger partial charge in [-0.3, -0.25) is 14.5 Å². The van der Waals surface area contributed by atoms with E-state index in [1.807, 2.05) is 91.0 Å². The Morgan fingerprint density at radius 1 is 0.615 bits per heavy atom. The second-order valence-corrected chi connectivity index (χ2v) is 14.1. The predicted molar refractivity (Wildman–Crippen MR) is 201 cm³/mol. The maximum Gasteiger partial charge on any atom is 0.263 e. The first-order chi connectivity index (χ1) is 25.3. The maximum atomic E-state index is 14.4. The summed E-state index contributed by atoms with van der Waals surface area (Å²) in [6.07, 6.45) is -1.08. The molecule has 2 aliphatic heterocycles. The highest BCUT2D eigenvalue weighted by Gasteiger charge is 2.56. The Balaban J connectivity index is 1.41. The highest BCUT2D eigenvalue weighted by molar-refractivity contribution is 6.55. The number of ether oxygens (including phenoxy) is 5. The van der Waals surface area contributed by atoms with Crippen LogP contribution in [0.1, 0.15) is 63.6 Å². The molecule has 6 rings (SSSR count). The fourth-order valence-electron chi connectivity index (χ4n) is 6.42. The Labute approximate surface area is 323 Å². The number of fused-ring (bicyclic) bond motifs is 1. The second kappa shape index (κ2) is 18.3. The summed E-state index contributed by atoms with van der Waals surface area (Å²) in [6.45, 7) is 3.14. The highest BCUT2D eigenvalue weighted by atomic mass is 35.5. The SMILES string of the molecule is CCCCCO[C@@H]1O[C@H](COCc2ccccc2)[C@@H](OCc2ccccc2)[C@H](OCc2ccccc2)[C@H]1N1C(=O)c2c(Cl)c(Cl)c(Cl)c(Cl)c2C1=O. The molecule has 4 aromatic rings. The van der Waals surface area contributed by atoms with Crippen molar-refractivity contribution in [2.45, 2.75) is 76.7 Å². The summed E-state index contributed by atoms with van der Waals surface area (Å²) in [7, 11) is 0. The Hall–Kier alpha value is -3.02. The van der Waals surface area contributed by atoms with E-state index in [9.17, 15) is 9.59 Å². The lowest BCUT2D eigenvalue weighted by Crippen LogP contribution is -2.67. The molecule has 0 N–H and O–H groups in total. The van der Waals surface area contributed by atoms with Crippen LogP contribution in [0, 0.1) is 0 Å². The van der Waals surface area contributed by atoms with Crippen molar-refractivity contribution in [1.82, 2.24) is 4.90 Å². The minimum absolute atomic E-state index is 0.103. The molecule has 0 unspecified atom stereocenters. The third-order valence-corrected chi connectivity index (χ3v) is 10.8. The standard InChI is InChI=1S/C40H39Cl4NO7/c1-2-3-13-20-49-40-35(45-38(46)29-30(39(45)47)32(42)34(44)33(43)31(29)41)37(51-23-27-18-11-6-12-19-27)36(50-22-26-16-9-5-10-17-26)28(52-40)24-48-21-25-14-7-4-8-15-25/h4-12,14-19,28,35-37,40H,2-3,13,20-24H2,1H3/t28-,35-,36-,37-,40-/m1/s1. The van der Waals surface area contributed by atoms with E-state index in [0.717, 1.165) is 40.9 Å². The number of hydrogen-bond donors (Lipinski definition) is 0. The molecule has 0 spiro atoms. The average molecular weight is 788 g/mol. The summed E-state index contributed by atoms with van der Waals surface area (Å²) in [5, 5.41) is -0.595. The summed E-state index contributed by atoms with van der Waals surface area (Å²) in [5.74, 6) is -1.45. The minimum Gasteiger partial charge on any atom is -0.374 e. The van der Waals surface area contributed by atoms with Gasteiger partial charge in [0, 0.05) is 6.61 Å². The van der Waals surface area contributed by atoms with E-state index in [0.29, 0.717) is 13.2 Å². The first kappa shape index (κ1) is 38.7. The lowest BCUT2D eigenvalue weighted by Gasteiger charge is -2.48. The smallest absolute Gasteiger partial charge is 0.263 e. The average Bonchev–Trinajstić information content (AvgIpc) is 3.43. The molecule has 52 heavy (non-hydrogen) atoms. The van der Waals surface area contributed by atoms with Crippen molar-refractivity contribution in [3.05, 3.63) is 139 Å². The van der Waals surface area contributed by atoms with Gasteiger partial charge in [-0.1, -0.05) is 157 Å². The van der Waals surface area contributed by atoms with E-state index in [2.05, 4.69) is 6.92 Å². The third-order valence-electron chi connectivity index (χ3n) is 9.04. The van der Waals surface area contributed by atoms with Crippen LogP contribution in [0.3, 0.4) is 0 Å². The first-order valence-corrected chi connectivity index (χ1v) is 18.7. The third kappa shape index (κ3) is 8.68. The number of rotatable bonds is 16. The number of benzene rings is 4. The van der Waals surface area contributed by atoms with Crippen molar-refractivity contribution >= 4 is 58.2 Å². The molecule has 274 valence electrons. The molecule has 4 aromatic carbocycles. The fourth-order valence-corrected chi connectivity index (χ4v) is 7.43. The summed E-state index contributed by atoms with van der Waals surface area (Å²) >= 11 is 25.9. The molecular weight excluding hydrogens is 748 g/mol. The van der Waals surface area contributed by atoms with Crippen LogP contribution in [0.5, 0.6) is 0 Å². The number of carbonyl (C=O) groups is 2. The minimum atomic E-state index is -1.14. The van der Waals surface area contributed by atoms with E-state index < -0.39 is 42.5 Å². The molecule has 0 aromatic heterocycles. The topological polar surface area (TPSA) is 83.5 Å². The quantitative estimate of drug-likeness (QED) is 0.0484. The Morgan fingerprint density at radius 2 is 1.10 bits per heavy atom. The van der Waals surface area contributed by atoms with E-state index in [-0.39, 0.29) is 51.0 Å². The highest BCUT2D eigenvalue weighted by Crippen LogP contribution is 2.46. The van der Waals surface area contributed by atoms with Gasteiger partial charge >= 0.3 is 0 Å². The van der Waals surface area contributed by atoms with Gasteiger partial charge < -0.3 is 23.7 Å². The lowest BCUT2D eigenvalue weighted by atomic mass is 9.94. The molecule has 1 fully saturated rings. The van der Waals surface area contributed by atoms with Crippen LogP contribution in [0.2, 0.25) is 20.1 Å². The van der Waals surface area contributed by atoms with Crippen molar-refractivity contribution in [2.75, 3.05) is 13.2 Å². The number of unbranched alkanes of at least 4 members (excludes halogenated alkanes) is 2. The Kier molecular flexibility index (Phi) is 13.7. The van der Waals surface area contributed by atoms with Crippen LogP contribution >= 0.6 is 46.4 Å². The van der Waals surface area contributed by atoms with Crippen molar-refractivity contribution < 1.29 is 33.3 Å².